The molecule has 1 aliphatic rings. The summed E-state index contributed by atoms with van der Waals surface area (Å²) in [4.78, 5) is 12.2. The second-order valence-corrected chi connectivity index (χ2v) is 6.11. The van der Waals surface area contributed by atoms with Crippen LogP contribution in [-0.2, 0) is 11.2 Å². The van der Waals surface area contributed by atoms with E-state index >= 15 is 0 Å². The van der Waals surface area contributed by atoms with Crippen molar-refractivity contribution in [3.05, 3.63) is 22.4 Å². The van der Waals surface area contributed by atoms with Gasteiger partial charge >= 0.3 is 5.97 Å². The molecule has 2 N–H and O–H groups in total. The van der Waals surface area contributed by atoms with Crippen molar-refractivity contribution in [2.45, 2.75) is 57.0 Å². The number of carboxylic acids is 1. The summed E-state index contributed by atoms with van der Waals surface area (Å²) in [6.45, 7) is 0. The largest absolute Gasteiger partial charge is 0.481 e. The Labute approximate surface area is 112 Å². The third kappa shape index (κ3) is 4.42. The molecule has 1 aliphatic carbocycles. The van der Waals surface area contributed by atoms with Gasteiger partial charge in [-0.1, -0.05) is 25.3 Å². The molecule has 1 heterocycles. The first-order valence-corrected chi connectivity index (χ1v) is 7.62. The number of nitrogens with one attached hydrogen (secondary N) is 1. The molecule has 0 bridgehead atoms. The molecule has 1 saturated carbocycles. The number of thiophene rings is 1. The van der Waals surface area contributed by atoms with Crippen LogP contribution in [0.25, 0.3) is 0 Å². The highest BCUT2D eigenvalue weighted by molar-refractivity contribution is 7.09. The van der Waals surface area contributed by atoms with E-state index in [-0.39, 0.29) is 12.5 Å². The average Bonchev–Trinajstić information content (AvgIpc) is 2.82. The molecule has 18 heavy (non-hydrogen) atoms. The first-order valence-electron chi connectivity index (χ1n) is 6.74. The molecule has 1 aromatic rings. The van der Waals surface area contributed by atoms with Gasteiger partial charge in [-0.2, -0.15) is 0 Å². The van der Waals surface area contributed by atoms with Crippen LogP contribution in [0.3, 0.4) is 0 Å². The molecule has 3 nitrogen and oxygen atoms in total. The van der Waals surface area contributed by atoms with E-state index in [1.807, 2.05) is 11.4 Å². The van der Waals surface area contributed by atoms with E-state index in [1.165, 1.54) is 37.0 Å². The molecule has 1 unspecified atom stereocenters. The summed E-state index contributed by atoms with van der Waals surface area (Å²) < 4.78 is 0. The van der Waals surface area contributed by atoms with Gasteiger partial charge in [-0.3, -0.25) is 4.79 Å². The van der Waals surface area contributed by atoms with E-state index in [0.717, 1.165) is 6.42 Å². The zero-order valence-electron chi connectivity index (χ0n) is 10.6. The summed E-state index contributed by atoms with van der Waals surface area (Å²) in [6, 6.07) is 4.70. The van der Waals surface area contributed by atoms with E-state index in [1.54, 1.807) is 11.3 Å². The zero-order valence-corrected chi connectivity index (χ0v) is 11.4. The Morgan fingerprint density at radius 3 is 2.83 bits per heavy atom. The molecular weight excluding hydrogens is 246 g/mol. The summed E-state index contributed by atoms with van der Waals surface area (Å²) in [7, 11) is 0. The van der Waals surface area contributed by atoms with Crippen molar-refractivity contribution >= 4 is 17.3 Å². The van der Waals surface area contributed by atoms with Gasteiger partial charge in [-0.15, -0.1) is 11.3 Å². The van der Waals surface area contributed by atoms with Crippen molar-refractivity contribution in [1.29, 1.82) is 0 Å². The smallest absolute Gasteiger partial charge is 0.304 e. The molecular formula is C14H21NO2S. The Kier molecular flexibility index (Phi) is 5.20. The molecule has 0 aliphatic heterocycles. The molecule has 0 aromatic carbocycles. The fourth-order valence-corrected chi connectivity index (χ4v) is 3.46. The van der Waals surface area contributed by atoms with Crippen molar-refractivity contribution in [1.82, 2.24) is 5.32 Å². The van der Waals surface area contributed by atoms with E-state index in [4.69, 9.17) is 5.11 Å². The van der Waals surface area contributed by atoms with Crippen LogP contribution < -0.4 is 5.32 Å². The van der Waals surface area contributed by atoms with Gasteiger partial charge < -0.3 is 10.4 Å². The van der Waals surface area contributed by atoms with Gasteiger partial charge in [0.25, 0.3) is 0 Å². The van der Waals surface area contributed by atoms with Crippen molar-refractivity contribution in [3.63, 3.8) is 0 Å². The van der Waals surface area contributed by atoms with Gasteiger partial charge in [0.2, 0.25) is 0 Å². The normalized spacial score (nSPS) is 18.7. The third-order valence-corrected chi connectivity index (χ3v) is 4.42. The fraction of sp³-hybridized carbons (Fsp3) is 0.643. The molecule has 0 spiro atoms. The van der Waals surface area contributed by atoms with Crippen LogP contribution in [0.1, 0.15) is 43.4 Å². The molecule has 1 aromatic heterocycles. The lowest BCUT2D eigenvalue weighted by atomic mass is 9.94. The molecule has 0 radical (unpaired) electrons. The van der Waals surface area contributed by atoms with Crippen LogP contribution >= 0.6 is 11.3 Å². The Bertz CT molecular complexity index is 358. The van der Waals surface area contributed by atoms with Crippen LogP contribution in [0.4, 0.5) is 0 Å². The van der Waals surface area contributed by atoms with E-state index in [0.29, 0.717) is 6.04 Å². The SMILES string of the molecule is O=C(O)CC(Cc1cccs1)NC1CCCCC1. The lowest BCUT2D eigenvalue weighted by molar-refractivity contribution is -0.137. The minimum Gasteiger partial charge on any atom is -0.481 e. The number of hydrogen-bond acceptors (Lipinski definition) is 3. The maximum Gasteiger partial charge on any atom is 0.304 e. The average molecular weight is 267 g/mol. The minimum absolute atomic E-state index is 0.0734. The summed E-state index contributed by atoms with van der Waals surface area (Å²) >= 11 is 1.71. The van der Waals surface area contributed by atoms with Crippen LogP contribution in [0.5, 0.6) is 0 Å². The molecule has 1 fully saturated rings. The zero-order chi connectivity index (χ0) is 12.8. The van der Waals surface area contributed by atoms with E-state index < -0.39 is 5.97 Å². The lowest BCUT2D eigenvalue weighted by Gasteiger charge is -2.27. The fourth-order valence-electron chi connectivity index (χ4n) is 2.67. The molecule has 2 rings (SSSR count). The second-order valence-electron chi connectivity index (χ2n) is 5.08. The van der Waals surface area contributed by atoms with Crippen molar-refractivity contribution < 1.29 is 9.90 Å². The van der Waals surface area contributed by atoms with Gasteiger partial charge in [0, 0.05) is 17.0 Å². The summed E-state index contributed by atoms with van der Waals surface area (Å²) in [5.41, 5.74) is 0. The Morgan fingerprint density at radius 2 is 2.22 bits per heavy atom. The quantitative estimate of drug-likeness (QED) is 0.833. The first-order chi connectivity index (χ1) is 8.74. The van der Waals surface area contributed by atoms with E-state index in [2.05, 4.69) is 11.4 Å². The van der Waals surface area contributed by atoms with Crippen LogP contribution in [-0.4, -0.2) is 23.2 Å². The van der Waals surface area contributed by atoms with Crippen LogP contribution in [0.2, 0.25) is 0 Å². The summed E-state index contributed by atoms with van der Waals surface area (Å²) in [5, 5.41) is 14.6. The topological polar surface area (TPSA) is 49.3 Å². The first kappa shape index (κ1) is 13.6. The van der Waals surface area contributed by atoms with Gasteiger partial charge in [-0.25, -0.2) is 0 Å². The van der Waals surface area contributed by atoms with Gasteiger partial charge in [0.05, 0.1) is 6.42 Å². The molecule has 0 saturated heterocycles. The van der Waals surface area contributed by atoms with E-state index in [9.17, 15) is 4.79 Å². The maximum atomic E-state index is 10.9. The monoisotopic (exact) mass is 267 g/mol. The number of carbonyl (C=O) groups is 1. The van der Waals surface area contributed by atoms with Crippen molar-refractivity contribution in [2.75, 3.05) is 0 Å². The van der Waals surface area contributed by atoms with Crippen LogP contribution in [0.15, 0.2) is 17.5 Å². The molecule has 0 amide bonds. The van der Waals surface area contributed by atoms with Gasteiger partial charge in [0.15, 0.2) is 0 Å². The third-order valence-electron chi connectivity index (χ3n) is 3.53. The highest BCUT2D eigenvalue weighted by Crippen LogP contribution is 2.20. The number of carboxylic acid groups (broad SMARTS) is 1. The van der Waals surface area contributed by atoms with Crippen LogP contribution in [0, 0.1) is 0 Å². The standard InChI is InChI=1S/C14H21NO2S/c16-14(17)10-12(9-13-7-4-8-18-13)15-11-5-2-1-3-6-11/h4,7-8,11-12,15H,1-3,5-6,9-10H2,(H,16,17). The predicted octanol–water partition coefficient (Wildman–Crippen LogP) is 3.06. The summed E-state index contributed by atoms with van der Waals surface area (Å²) in [5.74, 6) is -0.708. The molecule has 1 atom stereocenters. The van der Waals surface area contributed by atoms with Gasteiger partial charge in [-0.05, 0) is 30.7 Å². The number of rotatable bonds is 6. The summed E-state index contributed by atoms with van der Waals surface area (Å²) in [6.07, 6.45) is 7.32. The Morgan fingerprint density at radius 1 is 1.44 bits per heavy atom. The predicted molar refractivity (Wildman–Crippen MR) is 74.1 cm³/mol. The lowest BCUT2D eigenvalue weighted by Crippen LogP contribution is -2.41. The Balaban J connectivity index is 1.89. The van der Waals surface area contributed by atoms with Gasteiger partial charge in [0.1, 0.15) is 0 Å². The second kappa shape index (κ2) is 6.90. The van der Waals surface area contributed by atoms with Crippen molar-refractivity contribution in [3.8, 4) is 0 Å². The van der Waals surface area contributed by atoms with Crippen molar-refractivity contribution in [2.24, 2.45) is 0 Å². The maximum absolute atomic E-state index is 10.9. The minimum atomic E-state index is -0.708. The molecule has 100 valence electrons. The molecule has 4 heteroatoms. The highest BCUT2D eigenvalue weighted by Gasteiger charge is 2.20. The Hall–Kier alpha value is -0.870. The highest BCUT2D eigenvalue weighted by atomic mass is 32.1. The number of hydrogen-bond donors (Lipinski definition) is 2. The number of aliphatic carboxylic acids is 1.